The van der Waals surface area contributed by atoms with Crippen molar-refractivity contribution >= 4 is 33.2 Å². The molecule has 0 fully saturated rings. The van der Waals surface area contributed by atoms with Gasteiger partial charge in [0.2, 0.25) is 0 Å². The second-order valence-corrected chi connectivity index (χ2v) is 7.47. The average molecular weight is 347 g/mol. The molecule has 19 heavy (non-hydrogen) atoms. The van der Waals surface area contributed by atoms with E-state index in [1.54, 1.807) is 0 Å². The molecule has 0 saturated heterocycles. The first-order valence-electron chi connectivity index (χ1n) is 6.66. The molecule has 0 radical (unpaired) electrons. The van der Waals surface area contributed by atoms with Crippen molar-refractivity contribution in [2.45, 2.75) is 39.7 Å². The molecule has 0 unspecified atom stereocenters. The first kappa shape index (κ1) is 16.7. The Morgan fingerprint density at radius 1 is 1.47 bits per heavy atom. The van der Waals surface area contributed by atoms with Crippen molar-refractivity contribution in [1.29, 1.82) is 0 Å². The van der Waals surface area contributed by atoms with Gasteiger partial charge in [0.15, 0.2) is 0 Å². The summed E-state index contributed by atoms with van der Waals surface area (Å²) < 4.78 is 1.04. The molecule has 0 atom stereocenters. The van der Waals surface area contributed by atoms with Crippen LogP contribution in [0.1, 0.15) is 41.9 Å². The van der Waals surface area contributed by atoms with Crippen LogP contribution in [0.25, 0.3) is 0 Å². The minimum Gasteiger partial charge on any atom is -0.351 e. The van der Waals surface area contributed by atoms with Crippen molar-refractivity contribution in [3.63, 3.8) is 0 Å². The molecule has 108 valence electrons. The first-order chi connectivity index (χ1) is 8.91. The molecule has 0 aliphatic heterocycles. The van der Waals surface area contributed by atoms with Gasteiger partial charge in [0.25, 0.3) is 5.91 Å². The predicted molar refractivity (Wildman–Crippen MR) is 86.1 cm³/mol. The van der Waals surface area contributed by atoms with Crippen LogP contribution in [0.4, 0.5) is 0 Å². The molecule has 0 saturated carbocycles. The maximum absolute atomic E-state index is 11.9. The summed E-state index contributed by atoms with van der Waals surface area (Å²) in [5.41, 5.74) is 1.12. The quantitative estimate of drug-likeness (QED) is 0.764. The van der Waals surface area contributed by atoms with E-state index in [2.05, 4.69) is 47.0 Å². The lowest BCUT2D eigenvalue weighted by Gasteiger charge is -2.20. The Kier molecular flexibility index (Phi) is 7.04. The van der Waals surface area contributed by atoms with E-state index in [-0.39, 0.29) is 5.91 Å². The fraction of sp³-hybridized carbons (Fsp3) is 0.643. The lowest BCUT2D eigenvalue weighted by molar-refractivity contribution is 0.0956. The van der Waals surface area contributed by atoms with Crippen LogP contribution >= 0.6 is 27.3 Å². The minimum absolute atomic E-state index is 0.0380. The number of unbranched alkanes of at least 4 members (excludes halogenated alkanes) is 1. The zero-order chi connectivity index (χ0) is 14.4. The number of aryl methyl sites for hydroxylation is 1. The highest BCUT2D eigenvalue weighted by molar-refractivity contribution is 9.11. The highest BCUT2D eigenvalue weighted by atomic mass is 79.9. The van der Waals surface area contributed by atoms with Crippen molar-refractivity contribution in [3.05, 3.63) is 20.3 Å². The molecule has 1 rings (SSSR count). The van der Waals surface area contributed by atoms with Crippen LogP contribution in [-0.4, -0.2) is 37.0 Å². The van der Waals surface area contributed by atoms with E-state index in [1.165, 1.54) is 11.3 Å². The third kappa shape index (κ3) is 5.63. The fourth-order valence-electron chi connectivity index (χ4n) is 1.61. The number of nitrogens with one attached hydrogen (secondary N) is 1. The van der Waals surface area contributed by atoms with Gasteiger partial charge in [0, 0.05) is 12.6 Å². The van der Waals surface area contributed by atoms with Crippen molar-refractivity contribution in [2.24, 2.45) is 0 Å². The van der Waals surface area contributed by atoms with Gasteiger partial charge >= 0.3 is 0 Å². The summed E-state index contributed by atoms with van der Waals surface area (Å²) in [4.78, 5) is 15.0. The lowest BCUT2D eigenvalue weighted by Crippen LogP contribution is -2.28. The SMILES string of the molecule is Cc1cc(C(=O)NCCCCN(C)C(C)C)sc1Br. The Balaban J connectivity index is 2.21. The monoisotopic (exact) mass is 346 g/mol. The number of hydrogen-bond donors (Lipinski definition) is 1. The van der Waals surface area contributed by atoms with Gasteiger partial charge in [-0.15, -0.1) is 11.3 Å². The molecule has 1 aromatic rings. The zero-order valence-corrected chi connectivity index (χ0v) is 14.5. The van der Waals surface area contributed by atoms with Gasteiger partial charge in [-0.2, -0.15) is 0 Å². The van der Waals surface area contributed by atoms with E-state index in [4.69, 9.17) is 0 Å². The number of nitrogens with zero attached hydrogens (tertiary/aromatic N) is 1. The van der Waals surface area contributed by atoms with E-state index in [9.17, 15) is 4.79 Å². The van der Waals surface area contributed by atoms with Crippen LogP contribution < -0.4 is 5.32 Å². The number of carbonyl (C=O) groups excluding carboxylic acids is 1. The molecular weight excluding hydrogens is 324 g/mol. The molecule has 1 aromatic heterocycles. The molecule has 0 spiro atoms. The molecule has 0 bridgehead atoms. The van der Waals surface area contributed by atoms with E-state index in [0.29, 0.717) is 6.04 Å². The summed E-state index contributed by atoms with van der Waals surface area (Å²) in [7, 11) is 2.13. The number of rotatable bonds is 7. The van der Waals surface area contributed by atoms with Crippen LogP contribution in [0, 0.1) is 6.92 Å². The van der Waals surface area contributed by atoms with Crippen LogP contribution in [0.2, 0.25) is 0 Å². The van der Waals surface area contributed by atoms with Crippen LogP contribution in [0.5, 0.6) is 0 Å². The smallest absolute Gasteiger partial charge is 0.261 e. The highest BCUT2D eigenvalue weighted by Gasteiger charge is 2.10. The van der Waals surface area contributed by atoms with E-state index in [1.807, 2.05) is 13.0 Å². The highest BCUT2D eigenvalue weighted by Crippen LogP contribution is 2.27. The molecule has 1 amide bonds. The molecule has 0 aromatic carbocycles. The first-order valence-corrected chi connectivity index (χ1v) is 8.27. The summed E-state index contributed by atoms with van der Waals surface area (Å²) in [6.07, 6.45) is 2.14. The van der Waals surface area contributed by atoms with Gasteiger partial charge < -0.3 is 10.2 Å². The van der Waals surface area contributed by atoms with Gasteiger partial charge in [-0.05, 0) is 74.8 Å². The van der Waals surface area contributed by atoms with Crippen LogP contribution in [0.3, 0.4) is 0 Å². The molecule has 1 N–H and O–H groups in total. The summed E-state index contributed by atoms with van der Waals surface area (Å²) in [6.45, 7) is 8.22. The normalized spacial score (nSPS) is 11.3. The second kappa shape index (κ2) is 8.02. The summed E-state index contributed by atoms with van der Waals surface area (Å²) >= 11 is 4.93. The standard InChI is InChI=1S/C14H23BrN2OS/c1-10(2)17(4)8-6-5-7-16-14(18)12-9-11(3)13(15)19-12/h9-10H,5-8H2,1-4H3,(H,16,18). The Hall–Kier alpha value is -0.390. The Morgan fingerprint density at radius 2 is 2.16 bits per heavy atom. The summed E-state index contributed by atoms with van der Waals surface area (Å²) in [5.74, 6) is 0.0380. The number of carbonyl (C=O) groups is 1. The maximum atomic E-state index is 11.9. The van der Waals surface area contributed by atoms with E-state index in [0.717, 1.165) is 40.2 Å². The van der Waals surface area contributed by atoms with E-state index >= 15 is 0 Å². The molecule has 1 heterocycles. The number of amides is 1. The van der Waals surface area contributed by atoms with Gasteiger partial charge in [-0.3, -0.25) is 4.79 Å². The molecule has 0 aliphatic carbocycles. The summed E-state index contributed by atoms with van der Waals surface area (Å²) in [5, 5.41) is 2.97. The minimum atomic E-state index is 0.0380. The topological polar surface area (TPSA) is 32.3 Å². The van der Waals surface area contributed by atoms with Crippen LogP contribution in [-0.2, 0) is 0 Å². The number of halogens is 1. The third-order valence-corrected chi connectivity index (χ3v) is 5.32. The molecule has 0 aliphatic rings. The number of hydrogen-bond acceptors (Lipinski definition) is 3. The Labute approximate surface area is 128 Å². The van der Waals surface area contributed by atoms with Crippen LogP contribution in [0.15, 0.2) is 9.85 Å². The van der Waals surface area contributed by atoms with Gasteiger partial charge in [0.1, 0.15) is 0 Å². The molecule has 5 heteroatoms. The van der Waals surface area contributed by atoms with Crippen molar-refractivity contribution in [2.75, 3.05) is 20.1 Å². The largest absolute Gasteiger partial charge is 0.351 e. The summed E-state index contributed by atoms with van der Waals surface area (Å²) in [6, 6.07) is 2.51. The Morgan fingerprint density at radius 3 is 2.68 bits per heavy atom. The number of thiophene rings is 1. The average Bonchev–Trinajstić information content (AvgIpc) is 2.68. The Bertz CT molecular complexity index is 398. The van der Waals surface area contributed by atoms with Crippen molar-refractivity contribution < 1.29 is 4.79 Å². The fourth-order valence-corrected chi connectivity index (χ4v) is 3.06. The maximum Gasteiger partial charge on any atom is 0.261 e. The van der Waals surface area contributed by atoms with Gasteiger partial charge in [-0.25, -0.2) is 0 Å². The van der Waals surface area contributed by atoms with Gasteiger partial charge in [0.05, 0.1) is 8.66 Å². The van der Waals surface area contributed by atoms with Crippen molar-refractivity contribution in [3.8, 4) is 0 Å². The second-order valence-electron chi connectivity index (χ2n) is 5.10. The lowest BCUT2D eigenvalue weighted by atomic mass is 10.2. The molecular formula is C14H23BrN2OS. The van der Waals surface area contributed by atoms with Gasteiger partial charge in [-0.1, -0.05) is 0 Å². The molecule has 3 nitrogen and oxygen atoms in total. The van der Waals surface area contributed by atoms with E-state index < -0.39 is 0 Å². The van der Waals surface area contributed by atoms with Crippen molar-refractivity contribution in [1.82, 2.24) is 10.2 Å². The zero-order valence-electron chi connectivity index (χ0n) is 12.1. The predicted octanol–water partition coefficient (Wildman–Crippen LogP) is 3.67. The third-order valence-electron chi connectivity index (χ3n) is 3.19.